The van der Waals surface area contributed by atoms with E-state index in [0.29, 0.717) is 12.6 Å². The quantitative estimate of drug-likeness (QED) is 0.873. The van der Waals surface area contributed by atoms with E-state index in [-0.39, 0.29) is 0 Å². The number of aromatic nitrogens is 1. The summed E-state index contributed by atoms with van der Waals surface area (Å²) < 4.78 is 5.65. The first-order valence-corrected chi connectivity index (χ1v) is 7.81. The molecule has 4 heteroatoms. The number of rotatable bonds is 6. The Kier molecular flexibility index (Phi) is 5.15. The molecule has 0 radical (unpaired) electrons. The van der Waals surface area contributed by atoms with Gasteiger partial charge in [0, 0.05) is 23.0 Å². The molecule has 1 unspecified atom stereocenters. The normalized spacial score (nSPS) is 12.4. The minimum absolute atomic E-state index is 0.302. The molecule has 0 amide bonds. The lowest BCUT2D eigenvalue weighted by Crippen LogP contribution is -2.18. The number of aryl methyl sites for hydroxylation is 2. The molecule has 20 heavy (non-hydrogen) atoms. The SMILES string of the molecule is CCOc1ccccc1CNC(C)c1sc(C)nc1C. The number of hydrogen-bond donors (Lipinski definition) is 1. The predicted octanol–water partition coefficient (Wildman–Crippen LogP) is 4.01. The Balaban J connectivity index is 2.03. The van der Waals surface area contributed by atoms with Gasteiger partial charge in [-0.05, 0) is 33.8 Å². The molecule has 0 aliphatic carbocycles. The first-order valence-electron chi connectivity index (χ1n) is 6.99. The summed E-state index contributed by atoms with van der Waals surface area (Å²) in [6.45, 7) is 9.82. The van der Waals surface area contributed by atoms with Gasteiger partial charge < -0.3 is 10.1 Å². The van der Waals surface area contributed by atoms with E-state index in [1.165, 1.54) is 10.4 Å². The molecule has 0 fully saturated rings. The molecule has 108 valence electrons. The standard InChI is InChI=1S/C16H22N2OS/c1-5-19-15-9-7-6-8-14(15)10-17-11(2)16-12(3)18-13(4)20-16/h6-9,11,17H,5,10H2,1-4H3. The molecule has 1 atom stereocenters. The van der Waals surface area contributed by atoms with Crippen LogP contribution < -0.4 is 10.1 Å². The number of hydrogen-bond acceptors (Lipinski definition) is 4. The van der Waals surface area contributed by atoms with Crippen LogP contribution in [0.1, 0.15) is 41.0 Å². The van der Waals surface area contributed by atoms with E-state index >= 15 is 0 Å². The third kappa shape index (κ3) is 3.58. The molecule has 0 saturated carbocycles. The number of ether oxygens (including phenoxy) is 1. The Bertz CT molecular complexity index is 565. The van der Waals surface area contributed by atoms with Crippen molar-refractivity contribution in [3.05, 3.63) is 45.4 Å². The van der Waals surface area contributed by atoms with E-state index in [0.717, 1.165) is 23.0 Å². The molecule has 1 heterocycles. The van der Waals surface area contributed by atoms with Crippen molar-refractivity contribution in [3.8, 4) is 5.75 Å². The van der Waals surface area contributed by atoms with E-state index < -0.39 is 0 Å². The number of thiazole rings is 1. The number of para-hydroxylation sites is 1. The average Bonchev–Trinajstić information content (AvgIpc) is 2.77. The second kappa shape index (κ2) is 6.86. The van der Waals surface area contributed by atoms with E-state index in [1.54, 1.807) is 11.3 Å². The summed E-state index contributed by atoms with van der Waals surface area (Å²) in [7, 11) is 0. The first kappa shape index (κ1) is 15.0. The fourth-order valence-electron chi connectivity index (χ4n) is 2.25. The van der Waals surface area contributed by atoms with E-state index in [2.05, 4.69) is 37.1 Å². The maximum atomic E-state index is 5.65. The summed E-state index contributed by atoms with van der Waals surface area (Å²) >= 11 is 1.77. The molecule has 0 bridgehead atoms. The largest absolute Gasteiger partial charge is 0.494 e. The minimum atomic E-state index is 0.302. The molecular formula is C16H22N2OS. The van der Waals surface area contributed by atoms with Gasteiger partial charge in [0.25, 0.3) is 0 Å². The molecule has 0 saturated heterocycles. The second-order valence-corrected chi connectivity index (χ2v) is 6.06. The van der Waals surface area contributed by atoms with Crippen LogP contribution in [-0.2, 0) is 6.54 Å². The first-order chi connectivity index (χ1) is 9.61. The molecule has 2 aromatic rings. The zero-order valence-electron chi connectivity index (χ0n) is 12.6. The van der Waals surface area contributed by atoms with Crippen molar-refractivity contribution in [1.29, 1.82) is 0 Å². The van der Waals surface area contributed by atoms with Crippen molar-refractivity contribution in [3.63, 3.8) is 0 Å². The maximum absolute atomic E-state index is 5.65. The third-order valence-corrected chi connectivity index (χ3v) is 4.46. The van der Waals surface area contributed by atoms with Gasteiger partial charge in [-0.1, -0.05) is 18.2 Å². The van der Waals surface area contributed by atoms with Crippen LogP contribution in [0.4, 0.5) is 0 Å². The van der Waals surface area contributed by atoms with Crippen molar-refractivity contribution in [2.45, 2.75) is 40.3 Å². The molecule has 0 aliphatic rings. The van der Waals surface area contributed by atoms with Crippen LogP contribution in [0, 0.1) is 13.8 Å². The Morgan fingerprint density at radius 2 is 2.05 bits per heavy atom. The van der Waals surface area contributed by atoms with Crippen LogP contribution in [0.5, 0.6) is 5.75 Å². The summed E-state index contributed by atoms with van der Waals surface area (Å²) in [6.07, 6.45) is 0. The summed E-state index contributed by atoms with van der Waals surface area (Å²) in [5.41, 5.74) is 2.32. The van der Waals surface area contributed by atoms with Gasteiger partial charge in [0.1, 0.15) is 5.75 Å². The van der Waals surface area contributed by atoms with Gasteiger partial charge in [0.05, 0.1) is 17.3 Å². The lowest BCUT2D eigenvalue weighted by molar-refractivity contribution is 0.335. The van der Waals surface area contributed by atoms with Crippen molar-refractivity contribution in [2.24, 2.45) is 0 Å². The highest BCUT2D eigenvalue weighted by molar-refractivity contribution is 7.11. The molecule has 2 rings (SSSR count). The van der Waals surface area contributed by atoms with Crippen LogP contribution >= 0.6 is 11.3 Å². The highest BCUT2D eigenvalue weighted by atomic mass is 32.1. The molecule has 1 aromatic carbocycles. The minimum Gasteiger partial charge on any atom is -0.494 e. The van der Waals surface area contributed by atoms with Crippen molar-refractivity contribution in [1.82, 2.24) is 10.3 Å². The summed E-state index contributed by atoms with van der Waals surface area (Å²) in [6, 6.07) is 8.49. The summed E-state index contributed by atoms with van der Waals surface area (Å²) in [4.78, 5) is 5.80. The zero-order chi connectivity index (χ0) is 14.5. The number of nitrogens with zero attached hydrogens (tertiary/aromatic N) is 1. The van der Waals surface area contributed by atoms with Crippen molar-refractivity contribution in [2.75, 3.05) is 6.61 Å². The fraction of sp³-hybridized carbons (Fsp3) is 0.438. The zero-order valence-corrected chi connectivity index (χ0v) is 13.4. The lowest BCUT2D eigenvalue weighted by atomic mass is 10.1. The molecule has 1 aromatic heterocycles. The monoisotopic (exact) mass is 290 g/mol. The number of nitrogens with one attached hydrogen (secondary N) is 1. The van der Waals surface area contributed by atoms with Gasteiger partial charge in [0.2, 0.25) is 0 Å². The fourth-order valence-corrected chi connectivity index (χ4v) is 3.21. The third-order valence-electron chi connectivity index (χ3n) is 3.20. The van der Waals surface area contributed by atoms with Crippen molar-refractivity contribution >= 4 is 11.3 Å². The molecular weight excluding hydrogens is 268 g/mol. The lowest BCUT2D eigenvalue weighted by Gasteiger charge is -2.15. The van der Waals surface area contributed by atoms with Gasteiger partial charge in [-0.25, -0.2) is 4.98 Å². The maximum Gasteiger partial charge on any atom is 0.123 e. The molecule has 0 aliphatic heterocycles. The van der Waals surface area contributed by atoms with Crippen LogP contribution in [0.25, 0.3) is 0 Å². The van der Waals surface area contributed by atoms with Gasteiger partial charge in [-0.2, -0.15) is 0 Å². The Morgan fingerprint density at radius 1 is 1.30 bits per heavy atom. The summed E-state index contributed by atoms with van der Waals surface area (Å²) in [5.74, 6) is 0.965. The average molecular weight is 290 g/mol. The Morgan fingerprint density at radius 3 is 2.70 bits per heavy atom. The van der Waals surface area contributed by atoms with Crippen LogP contribution in [0.2, 0.25) is 0 Å². The Hall–Kier alpha value is -1.39. The van der Waals surface area contributed by atoms with E-state index in [1.807, 2.05) is 25.1 Å². The highest BCUT2D eigenvalue weighted by Crippen LogP contribution is 2.25. The predicted molar refractivity (Wildman–Crippen MR) is 84.5 cm³/mol. The van der Waals surface area contributed by atoms with Crippen molar-refractivity contribution < 1.29 is 4.74 Å². The second-order valence-electron chi connectivity index (χ2n) is 4.83. The highest BCUT2D eigenvalue weighted by Gasteiger charge is 2.13. The molecule has 1 N–H and O–H groups in total. The van der Waals surface area contributed by atoms with Gasteiger partial charge >= 0.3 is 0 Å². The van der Waals surface area contributed by atoms with Crippen LogP contribution in [0.15, 0.2) is 24.3 Å². The molecule has 0 spiro atoms. The smallest absolute Gasteiger partial charge is 0.123 e. The van der Waals surface area contributed by atoms with Gasteiger partial charge in [-0.3, -0.25) is 0 Å². The van der Waals surface area contributed by atoms with Gasteiger partial charge in [-0.15, -0.1) is 11.3 Å². The van der Waals surface area contributed by atoms with Crippen LogP contribution in [0.3, 0.4) is 0 Å². The van der Waals surface area contributed by atoms with Gasteiger partial charge in [0.15, 0.2) is 0 Å². The molecule has 3 nitrogen and oxygen atoms in total. The Labute approximate surface area is 125 Å². The topological polar surface area (TPSA) is 34.1 Å². The van der Waals surface area contributed by atoms with E-state index in [4.69, 9.17) is 4.74 Å². The van der Waals surface area contributed by atoms with Crippen LogP contribution in [-0.4, -0.2) is 11.6 Å². The number of benzene rings is 1. The summed E-state index contributed by atoms with van der Waals surface area (Å²) in [5, 5.41) is 4.68. The van der Waals surface area contributed by atoms with E-state index in [9.17, 15) is 0 Å².